The monoisotopic (exact) mass is 447 g/mol. The van der Waals surface area contributed by atoms with Crippen molar-refractivity contribution in [2.75, 3.05) is 10.1 Å². The minimum Gasteiger partial charge on any atom is -0.755 e. The third kappa shape index (κ3) is 5.91. The van der Waals surface area contributed by atoms with Crippen molar-refractivity contribution in [3.8, 4) is 0 Å². The molecule has 30 heavy (non-hydrogen) atoms. The van der Waals surface area contributed by atoms with Gasteiger partial charge in [-0.15, -0.1) is 0 Å². The van der Waals surface area contributed by atoms with Gasteiger partial charge in [-0.25, -0.2) is 9.29 Å². The highest BCUT2D eigenvalue weighted by Gasteiger charge is 2.22. The topological polar surface area (TPSA) is 109 Å². The van der Waals surface area contributed by atoms with Crippen LogP contribution in [0.15, 0.2) is 66.3 Å². The minimum absolute atomic E-state index is 0.00510. The Morgan fingerprint density at radius 2 is 2.17 bits per heavy atom. The summed E-state index contributed by atoms with van der Waals surface area (Å²) in [7, 11) is 0. The molecule has 0 radical (unpaired) electrons. The van der Waals surface area contributed by atoms with Crippen molar-refractivity contribution in [3.63, 3.8) is 0 Å². The number of allylic oxidation sites excluding steroid dienone is 4. The fourth-order valence-corrected chi connectivity index (χ4v) is 3.71. The molecular formula is C20H19N2O6S2-. The highest BCUT2D eigenvalue weighted by Crippen LogP contribution is 2.28. The second kappa shape index (κ2) is 10.4. The van der Waals surface area contributed by atoms with Gasteiger partial charge in [0.2, 0.25) is 5.88 Å². The Morgan fingerprint density at radius 1 is 1.33 bits per heavy atom. The highest BCUT2D eigenvalue weighted by atomic mass is 32.2. The third-order valence-electron chi connectivity index (χ3n) is 4.14. The lowest BCUT2D eigenvalue weighted by molar-refractivity contribution is -0.109. The van der Waals surface area contributed by atoms with E-state index in [2.05, 4.69) is 11.1 Å². The summed E-state index contributed by atoms with van der Waals surface area (Å²) in [5, 5.41) is -0.161. The van der Waals surface area contributed by atoms with Gasteiger partial charge in [-0.3, -0.25) is 13.8 Å². The lowest BCUT2D eigenvalue weighted by atomic mass is 10.0. The van der Waals surface area contributed by atoms with Gasteiger partial charge in [-0.2, -0.15) is 0 Å². The maximum absolute atomic E-state index is 12.1. The van der Waals surface area contributed by atoms with Crippen molar-refractivity contribution in [2.24, 2.45) is 0 Å². The largest absolute Gasteiger partial charge is 0.755 e. The Bertz CT molecular complexity index is 966. The summed E-state index contributed by atoms with van der Waals surface area (Å²) in [6.07, 6.45) is 12.2. The van der Waals surface area contributed by atoms with Crippen LogP contribution in [0, 0.1) is 0 Å². The van der Waals surface area contributed by atoms with Crippen LogP contribution in [-0.4, -0.2) is 30.4 Å². The fourth-order valence-electron chi connectivity index (χ4n) is 2.73. The summed E-state index contributed by atoms with van der Waals surface area (Å²) < 4.78 is 35.5. The van der Waals surface area contributed by atoms with Gasteiger partial charge in [-0.05, 0) is 25.0 Å². The predicted octanol–water partition coefficient (Wildman–Crippen LogP) is 3.50. The van der Waals surface area contributed by atoms with Crippen LogP contribution in [0.4, 0.5) is 5.82 Å². The van der Waals surface area contributed by atoms with Crippen molar-refractivity contribution >= 4 is 39.7 Å². The minimum atomic E-state index is -2.74. The number of aromatic nitrogens is 1. The molecule has 1 aromatic rings. The van der Waals surface area contributed by atoms with Crippen LogP contribution >= 0.6 is 11.8 Å². The number of carbonyl (C=O) groups is 2. The van der Waals surface area contributed by atoms with Crippen LogP contribution in [0.2, 0.25) is 0 Å². The van der Waals surface area contributed by atoms with Crippen molar-refractivity contribution < 1.29 is 27.8 Å². The lowest BCUT2D eigenvalue weighted by Crippen LogP contribution is -2.28. The summed E-state index contributed by atoms with van der Waals surface area (Å²) in [5.74, 6) is 0.161. The number of anilines is 1. The number of rotatable bonds is 8. The Morgan fingerprint density at radius 3 is 2.80 bits per heavy atom. The van der Waals surface area contributed by atoms with E-state index < -0.39 is 11.3 Å². The number of carbonyl (C=O) groups excluding carboxylic acids is 2. The molecule has 0 saturated heterocycles. The van der Waals surface area contributed by atoms with Gasteiger partial charge < -0.3 is 14.0 Å². The highest BCUT2D eigenvalue weighted by molar-refractivity contribution is 8.14. The molecule has 1 aliphatic carbocycles. The molecule has 0 N–H and O–H groups in total. The normalized spacial score (nSPS) is 16.4. The maximum Gasteiger partial charge on any atom is 0.248 e. The number of hydrogen-bond acceptors (Lipinski definition) is 8. The van der Waals surface area contributed by atoms with Gasteiger partial charge in [0.05, 0.1) is 17.0 Å². The van der Waals surface area contributed by atoms with Crippen molar-refractivity contribution in [1.82, 2.24) is 4.98 Å². The summed E-state index contributed by atoms with van der Waals surface area (Å²) in [6, 6.07) is 2.84. The zero-order chi connectivity index (χ0) is 21.5. The van der Waals surface area contributed by atoms with Crippen LogP contribution in [0.1, 0.15) is 36.5 Å². The average Bonchev–Trinajstić information content (AvgIpc) is 2.73. The summed E-state index contributed by atoms with van der Waals surface area (Å²) in [6.45, 7) is 1.38. The molecule has 158 valence electrons. The molecule has 0 aromatic carbocycles. The Labute approximate surface area is 180 Å². The molecule has 1 atom stereocenters. The zero-order valence-corrected chi connectivity index (χ0v) is 17.7. The number of thioether (sulfide) groups is 1. The first-order chi connectivity index (χ1) is 14.4. The molecule has 2 heterocycles. The van der Waals surface area contributed by atoms with Crippen LogP contribution in [-0.2, 0) is 25.5 Å². The van der Waals surface area contributed by atoms with Gasteiger partial charge in [0.15, 0.2) is 17.2 Å². The number of ether oxygens (including phenoxy) is 2. The second-order valence-electron chi connectivity index (χ2n) is 6.37. The predicted molar refractivity (Wildman–Crippen MR) is 113 cm³/mol. The number of nitrogens with zero attached hydrogens (tertiary/aromatic N) is 2. The average molecular weight is 448 g/mol. The molecule has 0 bridgehead atoms. The van der Waals surface area contributed by atoms with Crippen LogP contribution in [0.5, 0.6) is 0 Å². The number of ketones is 1. The van der Waals surface area contributed by atoms with Gasteiger partial charge in [-0.1, -0.05) is 35.6 Å². The maximum atomic E-state index is 12.1. The van der Waals surface area contributed by atoms with E-state index in [1.54, 1.807) is 0 Å². The van der Waals surface area contributed by atoms with Crippen molar-refractivity contribution in [3.05, 3.63) is 71.9 Å². The standard InChI is InChI=1S/C20H20N2O6S2/c1-14(23)29-13-18(24)16-7-8-19(21-10-16)22(30(25)26)20-12-27-11-17(28-20)9-15-5-3-2-4-6-15/h2-3,5,7-8,10-12H,4,6,9,13H2,1H3,(H,25,26)/p-1. The van der Waals surface area contributed by atoms with Crippen molar-refractivity contribution in [2.45, 2.75) is 26.2 Å². The van der Waals surface area contributed by atoms with Crippen LogP contribution in [0.3, 0.4) is 0 Å². The van der Waals surface area contributed by atoms with Gasteiger partial charge in [0, 0.05) is 25.1 Å². The molecule has 8 nitrogen and oxygen atoms in total. The molecule has 2 aliphatic rings. The molecule has 0 amide bonds. The molecule has 0 spiro atoms. The SMILES string of the molecule is CC(=O)SCC(=O)c1ccc(N(C2=COC=C(CC3=CC=CCC3)O2)S(=O)[O-])nc1. The molecule has 0 saturated carbocycles. The molecule has 1 unspecified atom stereocenters. The molecular weight excluding hydrogens is 428 g/mol. The Hall–Kier alpha value is -2.69. The Kier molecular flexibility index (Phi) is 7.61. The van der Waals surface area contributed by atoms with E-state index in [4.69, 9.17) is 9.47 Å². The molecule has 3 rings (SSSR count). The van der Waals surface area contributed by atoms with E-state index in [1.807, 2.05) is 12.2 Å². The van der Waals surface area contributed by atoms with Crippen molar-refractivity contribution in [1.29, 1.82) is 0 Å². The molecule has 10 heteroatoms. The summed E-state index contributed by atoms with van der Waals surface area (Å²) >= 11 is -1.84. The van der Waals surface area contributed by atoms with E-state index >= 15 is 0 Å². The van der Waals surface area contributed by atoms with Crippen LogP contribution in [0.25, 0.3) is 0 Å². The van der Waals surface area contributed by atoms with E-state index in [9.17, 15) is 18.4 Å². The summed E-state index contributed by atoms with van der Waals surface area (Å²) in [4.78, 5) is 27.1. The van der Waals surface area contributed by atoms with Crippen LogP contribution < -0.4 is 4.31 Å². The quantitative estimate of drug-likeness (QED) is 0.440. The second-order valence-corrected chi connectivity index (χ2v) is 8.32. The first kappa shape index (κ1) is 22.0. The van der Waals surface area contributed by atoms with E-state index in [1.165, 1.54) is 37.8 Å². The molecule has 0 fully saturated rings. The number of hydrogen-bond donors (Lipinski definition) is 0. The third-order valence-corrected chi connectivity index (χ3v) is 5.62. The number of pyridine rings is 1. The van der Waals surface area contributed by atoms with Gasteiger partial charge >= 0.3 is 0 Å². The first-order valence-electron chi connectivity index (χ1n) is 9.03. The summed E-state index contributed by atoms with van der Waals surface area (Å²) in [5.41, 5.74) is 1.42. The van der Waals surface area contributed by atoms with E-state index in [-0.39, 0.29) is 33.9 Å². The lowest BCUT2D eigenvalue weighted by Gasteiger charge is -2.29. The van der Waals surface area contributed by atoms with Gasteiger partial charge in [0.25, 0.3) is 0 Å². The molecule has 1 aliphatic heterocycles. The zero-order valence-electron chi connectivity index (χ0n) is 16.1. The molecule has 1 aromatic heterocycles. The van der Waals surface area contributed by atoms with Gasteiger partial charge in [0.1, 0.15) is 17.8 Å². The van der Waals surface area contributed by atoms with E-state index in [0.29, 0.717) is 12.2 Å². The fraction of sp³-hybridized carbons (Fsp3) is 0.250. The Balaban J connectivity index is 1.71. The smallest absolute Gasteiger partial charge is 0.248 e. The first-order valence-corrected chi connectivity index (χ1v) is 11.0. The number of Topliss-reactive ketones (excluding diaryl/α,β-unsaturated/α-hetero) is 1. The van der Waals surface area contributed by atoms with E-state index in [0.717, 1.165) is 34.5 Å².